The molecule has 6 aromatic carbocycles. The van der Waals surface area contributed by atoms with Crippen molar-refractivity contribution < 1.29 is 42.2 Å². The van der Waals surface area contributed by atoms with Crippen LogP contribution in [0.4, 0.5) is 0 Å². The number of H-pyrrole nitrogens is 2. The van der Waals surface area contributed by atoms with Crippen molar-refractivity contribution in [3.63, 3.8) is 0 Å². The van der Waals surface area contributed by atoms with Gasteiger partial charge < -0.3 is 9.97 Å². The zero-order valence-electron chi connectivity index (χ0n) is 22.6. The van der Waals surface area contributed by atoms with E-state index in [2.05, 4.69) is 28.7 Å². The topological polar surface area (TPSA) is 232 Å². The molecule has 19 heteroatoms. The largest absolute Gasteiger partial charge is 0.350 e. The molecule has 238 valence electrons. The van der Waals surface area contributed by atoms with E-state index in [-0.39, 0.29) is 75.1 Å². The molecule has 1 heterocycles. The highest BCUT2D eigenvalue weighted by Crippen LogP contribution is 2.36. The Morgan fingerprint density at radius 2 is 1.17 bits per heavy atom. The number of aromatic nitrogens is 2. The monoisotopic (exact) mass is 716 g/mol. The summed E-state index contributed by atoms with van der Waals surface area (Å²) in [5.41, 5.74) is -2.56. The molecule has 0 fully saturated rings. The molecule has 0 aliphatic rings. The molecule has 0 amide bonds. The van der Waals surface area contributed by atoms with Gasteiger partial charge in [-0.15, -0.1) is 8.67 Å². The van der Waals surface area contributed by atoms with Gasteiger partial charge in [-0.1, -0.05) is 21.7 Å². The van der Waals surface area contributed by atoms with E-state index in [9.17, 15) is 32.1 Å². The normalized spacial score (nSPS) is 12.4. The molecule has 0 saturated heterocycles. The van der Waals surface area contributed by atoms with Gasteiger partial charge in [0.25, 0.3) is 10.1 Å². The third kappa shape index (κ3) is 4.94. The van der Waals surface area contributed by atoms with Crippen molar-refractivity contribution in [2.75, 3.05) is 0 Å². The van der Waals surface area contributed by atoms with Gasteiger partial charge in [-0.25, -0.2) is 10.5 Å². The van der Waals surface area contributed by atoms with Gasteiger partial charge in [0.15, 0.2) is 21.7 Å². The van der Waals surface area contributed by atoms with E-state index in [0.717, 1.165) is 18.2 Å². The number of benzene rings is 6. The summed E-state index contributed by atoms with van der Waals surface area (Å²) >= 11 is 7.65. The highest BCUT2D eigenvalue weighted by molar-refractivity contribution is 7.95. The zero-order valence-corrected chi connectivity index (χ0v) is 25.9. The maximum atomic E-state index is 14.0. The molecule has 0 unspecified atom stereocenters. The van der Waals surface area contributed by atoms with Crippen molar-refractivity contribution in [2.45, 2.75) is 14.7 Å². The summed E-state index contributed by atoms with van der Waals surface area (Å²) in [6.45, 7) is 0. The summed E-state index contributed by atoms with van der Waals surface area (Å²) in [5.74, 6) is 0. The number of halogens is 1. The average molecular weight is 717 g/mol. The highest BCUT2D eigenvalue weighted by Gasteiger charge is 2.23. The maximum absolute atomic E-state index is 14.0. The van der Waals surface area contributed by atoms with Crippen molar-refractivity contribution in [2.24, 2.45) is 0 Å². The van der Waals surface area contributed by atoms with Gasteiger partial charge in [0.1, 0.15) is 0 Å². The molecular weight excluding hydrogens is 704 g/mol. The SMILES string of the molecule is O=c1c2ccc(SOOO)cc2c(=O)c2c1cc(Cl)c1[nH]c3c([nH]c12)c(SOOO)cc1c(=O)c2ccc(S(=O)(=O)O)cc2c(=O)c13. The van der Waals surface area contributed by atoms with Gasteiger partial charge in [-0.2, -0.15) is 8.42 Å². The summed E-state index contributed by atoms with van der Waals surface area (Å²) in [6, 6.07) is 9.72. The molecule has 0 bridgehead atoms. The lowest BCUT2D eigenvalue weighted by Gasteiger charge is -2.14. The van der Waals surface area contributed by atoms with E-state index in [0.29, 0.717) is 29.0 Å². The smallest absolute Gasteiger partial charge is 0.294 e. The van der Waals surface area contributed by atoms with Crippen molar-refractivity contribution in [3.05, 3.63) is 94.4 Å². The second-order valence-electron chi connectivity index (χ2n) is 9.99. The average Bonchev–Trinajstić information content (AvgIpc) is 3.05. The van der Waals surface area contributed by atoms with Crippen LogP contribution in [0.1, 0.15) is 0 Å². The summed E-state index contributed by atoms with van der Waals surface area (Å²) in [5, 5.41) is 23.8. The van der Waals surface area contributed by atoms with E-state index >= 15 is 0 Å². The minimum absolute atomic E-state index is 0.00441. The molecule has 0 aliphatic carbocycles. The van der Waals surface area contributed by atoms with Gasteiger partial charge in [0.05, 0.1) is 71.7 Å². The van der Waals surface area contributed by atoms with Crippen molar-refractivity contribution in [3.8, 4) is 0 Å². The van der Waals surface area contributed by atoms with E-state index < -0.39 is 36.7 Å². The number of nitrogens with one attached hydrogen (secondary N) is 2. The first-order valence-electron chi connectivity index (χ1n) is 12.8. The Labute approximate surface area is 271 Å². The third-order valence-corrected chi connectivity index (χ3v) is 9.94. The van der Waals surface area contributed by atoms with E-state index in [1.54, 1.807) is 0 Å². The highest BCUT2D eigenvalue weighted by atomic mass is 35.5. The fourth-order valence-electron chi connectivity index (χ4n) is 5.65. The maximum Gasteiger partial charge on any atom is 0.294 e. The van der Waals surface area contributed by atoms with Gasteiger partial charge in [-0.3, -0.25) is 23.7 Å². The molecule has 1 aromatic heterocycles. The van der Waals surface area contributed by atoms with Gasteiger partial charge >= 0.3 is 0 Å². The molecule has 0 radical (unpaired) electrons. The summed E-state index contributed by atoms with van der Waals surface area (Å²) in [7, 11) is -4.73. The Hall–Kier alpha value is -4.18. The Bertz CT molecular complexity index is 2860. The predicted octanol–water partition coefficient (Wildman–Crippen LogP) is 4.90. The van der Waals surface area contributed by atoms with Crippen molar-refractivity contribution in [1.29, 1.82) is 0 Å². The minimum Gasteiger partial charge on any atom is -0.350 e. The van der Waals surface area contributed by atoms with Gasteiger partial charge in [0.2, 0.25) is 0 Å². The molecule has 7 aromatic rings. The van der Waals surface area contributed by atoms with Crippen LogP contribution >= 0.6 is 35.7 Å². The molecule has 0 aliphatic heterocycles. The van der Waals surface area contributed by atoms with Crippen LogP contribution in [0.25, 0.3) is 65.2 Å². The summed E-state index contributed by atoms with van der Waals surface area (Å²) in [4.78, 5) is 60.9. The number of hydrogen-bond acceptors (Lipinski definition) is 14. The molecule has 15 nitrogen and oxygen atoms in total. The van der Waals surface area contributed by atoms with Crippen LogP contribution in [0.3, 0.4) is 0 Å². The number of fused-ring (bicyclic) bond motifs is 8. The summed E-state index contributed by atoms with van der Waals surface area (Å²) in [6.07, 6.45) is 0. The van der Waals surface area contributed by atoms with Crippen LogP contribution in [-0.4, -0.2) is 33.5 Å². The second-order valence-corrected chi connectivity index (χ2v) is 13.3. The van der Waals surface area contributed by atoms with E-state index in [1.807, 2.05) is 0 Å². The van der Waals surface area contributed by atoms with Crippen LogP contribution in [-0.2, 0) is 28.9 Å². The lowest BCUT2D eigenvalue weighted by molar-refractivity contribution is -0.432. The Morgan fingerprint density at radius 1 is 0.617 bits per heavy atom. The second kappa shape index (κ2) is 11.5. The number of rotatable bonds is 7. The minimum atomic E-state index is -4.73. The standard InChI is InChI=1S/C28H13ClN2O13S3/c29-17-7-15-19(27(34)13-5-9(45-43-41-36)1-3-11(13)25(15)32)23-21(17)30-24-20-16(8-18(22(24)31-23)46-44-42-37)26(33)12-4-2-10(47(38,39)40)6-14(12)28(20)35/h1-8,30-31,36-37H,(H,38,39,40). The molecule has 0 saturated carbocycles. The first-order chi connectivity index (χ1) is 22.4. The third-order valence-electron chi connectivity index (χ3n) is 7.59. The molecule has 47 heavy (non-hydrogen) atoms. The fraction of sp³-hybridized carbons (Fsp3) is 0. The molecule has 0 atom stereocenters. The number of aromatic amines is 2. The predicted molar refractivity (Wildman–Crippen MR) is 173 cm³/mol. The molecule has 0 spiro atoms. The molecule has 7 rings (SSSR count). The molecular formula is C28H13ClN2O13S3. The summed E-state index contributed by atoms with van der Waals surface area (Å²) < 4.78 is 42.3. The first kappa shape index (κ1) is 31.4. The Kier molecular flexibility index (Phi) is 7.69. The Balaban J connectivity index is 1.67. The van der Waals surface area contributed by atoms with Crippen LogP contribution in [0.2, 0.25) is 5.02 Å². The van der Waals surface area contributed by atoms with Crippen molar-refractivity contribution in [1.82, 2.24) is 9.97 Å². The van der Waals surface area contributed by atoms with Crippen LogP contribution in [0, 0.1) is 0 Å². The molecule has 5 N–H and O–H groups in total. The fourth-order valence-corrected chi connectivity index (χ4v) is 7.31. The lowest BCUT2D eigenvalue weighted by atomic mass is 9.99. The van der Waals surface area contributed by atoms with Crippen molar-refractivity contribution >= 4 is 111 Å². The van der Waals surface area contributed by atoms with E-state index in [1.165, 1.54) is 30.3 Å². The first-order valence-corrected chi connectivity index (χ1v) is 16.1. The van der Waals surface area contributed by atoms with E-state index in [4.69, 9.17) is 22.1 Å². The quantitative estimate of drug-likeness (QED) is 0.0369. The van der Waals surface area contributed by atoms with Gasteiger partial charge in [0, 0.05) is 37.2 Å². The lowest BCUT2D eigenvalue weighted by Crippen LogP contribution is -2.16. The zero-order chi connectivity index (χ0) is 33.4. The van der Waals surface area contributed by atoms with Gasteiger partial charge in [-0.05, 0) is 48.5 Å². The number of hydrogen-bond donors (Lipinski definition) is 5. The van der Waals surface area contributed by atoms with Crippen LogP contribution < -0.4 is 21.7 Å². The van der Waals surface area contributed by atoms with Crippen LogP contribution in [0.5, 0.6) is 0 Å². The Morgan fingerprint density at radius 3 is 1.81 bits per heavy atom. The van der Waals surface area contributed by atoms with Crippen LogP contribution in [0.15, 0.2) is 82.4 Å².